The van der Waals surface area contributed by atoms with Gasteiger partial charge in [0.25, 0.3) is 5.91 Å². The van der Waals surface area contributed by atoms with E-state index in [1.54, 1.807) is 25.1 Å². The third-order valence-corrected chi connectivity index (χ3v) is 5.82. The standard InChI is InChI=1S/C26H26N2O3/c1-18-23(26(30)31-2)8-5-9-24(18)27-25(29)21-12-10-19(11-13-21)16-28-15-14-20-6-3-4-7-22(20)17-28/h3-13H,14-17H2,1-2H3,(H,27,29). The largest absolute Gasteiger partial charge is 0.465 e. The lowest BCUT2D eigenvalue weighted by atomic mass is 9.99. The second-order valence-electron chi connectivity index (χ2n) is 7.85. The number of amides is 1. The maximum Gasteiger partial charge on any atom is 0.338 e. The van der Waals surface area contributed by atoms with Gasteiger partial charge in [0.05, 0.1) is 12.7 Å². The Hall–Kier alpha value is -3.44. The molecule has 0 aromatic heterocycles. The van der Waals surface area contributed by atoms with Crippen molar-refractivity contribution in [1.82, 2.24) is 4.90 Å². The van der Waals surface area contributed by atoms with Gasteiger partial charge in [-0.05, 0) is 59.9 Å². The number of nitrogens with one attached hydrogen (secondary N) is 1. The number of nitrogens with zero attached hydrogens (tertiary/aromatic N) is 1. The van der Waals surface area contributed by atoms with Gasteiger partial charge in [-0.1, -0.05) is 42.5 Å². The number of hydrogen-bond donors (Lipinski definition) is 1. The molecule has 0 saturated heterocycles. The minimum atomic E-state index is -0.418. The van der Waals surface area contributed by atoms with Crippen LogP contribution in [-0.4, -0.2) is 30.4 Å². The molecule has 5 heteroatoms. The first-order chi connectivity index (χ1) is 15.0. The zero-order valence-corrected chi connectivity index (χ0v) is 17.9. The van der Waals surface area contributed by atoms with E-state index >= 15 is 0 Å². The molecule has 0 spiro atoms. The third-order valence-electron chi connectivity index (χ3n) is 5.82. The highest BCUT2D eigenvalue weighted by Gasteiger charge is 2.17. The van der Waals surface area contributed by atoms with Crippen molar-refractivity contribution in [1.29, 1.82) is 0 Å². The number of methoxy groups -OCH3 is 1. The van der Waals surface area contributed by atoms with Crippen LogP contribution in [-0.2, 0) is 24.2 Å². The summed E-state index contributed by atoms with van der Waals surface area (Å²) in [5.74, 6) is -0.623. The first-order valence-corrected chi connectivity index (χ1v) is 10.4. The highest BCUT2D eigenvalue weighted by Crippen LogP contribution is 2.22. The van der Waals surface area contributed by atoms with Gasteiger partial charge in [0.1, 0.15) is 0 Å². The molecule has 1 aliphatic rings. The highest BCUT2D eigenvalue weighted by atomic mass is 16.5. The predicted molar refractivity (Wildman–Crippen MR) is 121 cm³/mol. The van der Waals surface area contributed by atoms with E-state index in [0.29, 0.717) is 22.4 Å². The maximum absolute atomic E-state index is 12.7. The van der Waals surface area contributed by atoms with E-state index in [1.165, 1.54) is 23.8 Å². The highest BCUT2D eigenvalue weighted by molar-refractivity contribution is 6.05. The minimum absolute atomic E-state index is 0.205. The lowest BCUT2D eigenvalue weighted by molar-refractivity contribution is 0.0599. The molecule has 0 bridgehead atoms. The van der Waals surface area contributed by atoms with Crippen LogP contribution in [0.4, 0.5) is 5.69 Å². The Bertz CT molecular complexity index is 1110. The summed E-state index contributed by atoms with van der Waals surface area (Å²) in [5.41, 5.74) is 6.33. The molecule has 3 aromatic rings. The molecular weight excluding hydrogens is 388 g/mol. The molecule has 0 atom stereocenters. The van der Waals surface area contributed by atoms with Gasteiger partial charge >= 0.3 is 5.97 Å². The van der Waals surface area contributed by atoms with Crippen LogP contribution >= 0.6 is 0 Å². The monoisotopic (exact) mass is 414 g/mol. The minimum Gasteiger partial charge on any atom is -0.465 e. The Morgan fingerprint density at radius 1 is 0.968 bits per heavy atom. The third kappa shape index (κ3) is 4.67. The molecule has 4 rings (SSSR count). The van der Waals surface area contributed by atoms with Gasteiger partial charge in [0.2, 0.25) is 0 Å². The number of rotatable bonds is 5. The van der Waals surface area contributed by atoms with Crippen LogP contribution in [0.1, 0.15) is 43.0 Å². The number of ether oxygens (including phenoxy) is 1. The fraction of sp³-hybridized carbons (Fsp3) is 0.231. The summed E-state index contributed by atoms with van der Waals surface area (Å²) in [6, 6.07) is 21.5. The summed E-state index contributed by atoms with van der Waals surface area (Å²) in [7, 11) is 1.34. The fourth-order valence-corrected chi connectivity index (χ4v) is 4.01. The number of anilines is 1. The zero-order chi connectivity index (χ0) is 21.8. The van der Waals surface area contributed by atoms with Crippen molar-refractivity contribution in [2.24, 2.45) is 0 Å². The van der Waals surface area contributed by atoms with Crippen molar-refractivity contribution < 1.29 is 14.3 Å². The SMILES string of the molecule is COC(=O)c1cccc(NC(=O)c2ccc(CN3CCc4ccccc4C3)cc2)c1C. The summed E-state index contributed by atoms with van der Waals surface area (Å²) in [6.45, 7) is 4.64. The fourth-order valence-electron chi connectivity index (χ4n) is 4.01. The molecule has 1 amide bonds. The van der Waals surface area contributed by atoms with Crippen molar-refractivity contribution in [3.05, 3.63) is 100 Å². The summed E-state index contributed by atoms with van der Waals surface area (Å²) in [6.07, 6.45) is 1.07. The number of fused-ring (bicyclic) bond motifs is 1. The molecule has 1 heterocycles. The van der Waals surface area contributed by atoms with Gasteiger partial charge < -0.3 is 10.1 Å². The van der Waals surface area contributed by atoms with Crippen LogP contribution in [0.15, 0.2) is 66.7 Å². The normalized spacial score (nSPS) is 13.4. The first kappa shape index (κ1) is 20.8. The number of carbonyl (C=O) groups is 2. The van der Waals surface area contributed by atoms with Crippen LogP contribution in [0.2, 0.25) is 0 Å². The number of benzene rings is 3. The molecule has 158 valence electrons. The molecule has 1 aliphatic heterocycles. The quantitative estimate of drug-likeness (QED) is 0.621. The summed E-state index contributed by atoms with van der Waals surface area (Å²) < 4.78 is 4.80. The summed E-state index contributed by atoms with van der Waals surface area (Å²) in [4.78, 5) is 27.0. The first-order valence-electron chi connectivity index (χ1n) is 10.4. The van der Waals surface area contributed by atoms with Crippen molar-refractivity contribution in [3.8, 4) is 0 Å². The molecule has 31 heavy (non-hydrogen) atoms. The maximum atomic E-state index is 12.7. The topological polar surface area (TPSA) is 58.6 Å². The van der Waals surface area contributed by atoms with Crippen molar-refractivity contribution in [3.63, 3.8) is 0 Å². The smallest absolute Gasteiger partial charge is 0.338 e. The molecule has 0 unspecified atom stereocenters. The Morgan fingerprint density at radius 3 is 2.45 bits per heavy atom. The number of esters is 1. The average molecular weight is 415 g/mol. The lowest BCUT2D eigenvalue weighted by Crippen LogP contribution is -2.29. The Kier molecular flexibility index (Phi) is 6.14. The van der Waals surface area contributed by atoms with E-state index in [2.05, 4.69) is 34.5 Å². The molecular formula is C26H26N2O3. The van der Waals surface area contributed by atoms with E-state index in [1.807, 2.05) is 24.3 Å². The molecule has 5 nitrogen and oxygen atoms in total. The van der Waals surface area contributed by atoms with E-state index in [9.17, 15) is 9.59 Å². The van der Waals surface area contributed by atoms with E-state index in [4.69, 9.17) is 4.74 Å². The van der Waals surface area contributed by atoms with Crippen LogP contribution < -0.4 is 5.32 Å². The Labute approximate surface area is 182 Å². The van der Waals surface area contributed by atoms with Gasteiger partial charge in [0, 0.05) is 30.9 Å². The van der Waals surface area contributed by atoms with Crippen molar-refractivity contribution in [2.45, 2.75) is 26.4 Å². The second kappa shape index (κ2) is 9.14. The Morgan fingerprint density at radius 2 is 1.71 bits per heavy atom. The van der Waals surface area contributed by atoms with Crippen LogP contribution in [0.25, 0.3) is 0 Å². The summed E-state index contributed by atoms with van der Waals surface area (Å²) >= 11 is 0. The Balaban J connectivity index is 1.41. The lowest BCUT2D eigenvalue weighted by Gasteiger charge is -2.28. The predicted octanol–water partition coefficient (Wildman–Crippen LogP) is 4.59. The molecule has 0 saturated carbocycles. The second-order valence-corrected chi connectivity index (χ2v) is 7.85. The van der Waals surface area contributed by atoms with Gasteiger partial charge in [-0.2, -0.15) is 0 Å². The van der Waals surface area contributed by atoms with Crippen LogP contribution in [0.5, 0.6) is 0 Å². The summed E-state index contributed by atoms with van der Waals surface area (Å²) in [5, 5.41) is 2.90. The van der Waals surface area contributed by atoms with Gasteiger partial charge in [0.15, 0.2) is 0 Å². The van der Waals surface area contributed by atoms with Gasteiger partial charge in [-0.25, -0.2) is 4.79 Å². The van der Waals surface area contributed by atoms with Gasteiger partial charge in [-0.3, -0.25) is 9.69 Å². The number of carbonyl (C=O) groups excluding carboxylic acids is 2. The number of hydrogen-bond acceptors (Lipinski definition) is 4. The van der Waals surface area contributed by atoms with E-state index in [0.717, 1.165) is 26.1 Å². The molecule has 0 aliphatic carbocycles. The molecule has 0 fully saturated rings. The van der Waals surface area contributed by atoms with Crippen LogP contribution in [0, 0.1) is 6.92 Å². The van der Waals surface area contributed by atoms with Gasteiger partial charge in [-0.15, -0.1) is 0 Å². The van der Waals surface area contributed by atoms with Crippen LogP contribution in [0.3, 0.4) is 0 Å². The van der Waals surface area contributed by atoms with Crippen molar-refractivity contribution >= 4 is 17.6 Å². The zero-order valence-electron chi connectivity index (χ0n) is 17.9. The van der Waals surface area contributed by atoms with E-state index in [-0.39, 0.29) is 5.91 Å². The average Bonchev–Trinajstić information content (AvgIpc) is 2.80. The van der Waals surface area contributed by atoms with E-state index < -0.39 is 5.97 Å². The molecule has 1 N–H and O–H groups in total. The van der Waals surface area contributed by atoms with Crippen molar-refractivity contribution in [2.75, 3.05) is 19.0 Å². The molecule has 3 aromatic carbocycles. The molecule has 0 radical (unpaired) electrons.